The van der Waals surface area contributed by atoms with Gasteiger partial charge >= 0.3 is 0 Å². The molecule has 0 aliphatic heterocycles. The van der Waals surface area contributed by atoms with E-state index in [-0.39, 0.29) is 0 Å². The normalized spacial score (nSPS) is 13.0. The van der Waals surface area contributed by atoms with Gasteiger partial charge in [-0.3, -0.25) is 0 Å². The molecule has 0 unspecified atom stereocenters. The largest absolute Gasteiger partial charge is 0.0622 e. The second kappa shape index (κ2) is 7.99. The highest BCUT2D eigenvalue weighted by atomic mass is 79.9. The van der Waals surface area contributed by atoms with Crippen molar-refractivity contribution in [2.24, 2.45) is 0 Å². The molecule has 0 aliphatic carbocycles. The van der Waals surface area contributed by atoms with E-state index in [1.165, 1.54) is 26.8 Å². The lowest BCUT2D eigenvalue weighted by atomic mass is 9.93. The molecule has 0 heterocycles. The van der Waals surface area contributed by atoms with Crippen LogP contribution in [0.2, 0.25) is 0 Å². The zero-order valence-electron chi connectivity index (χ0n) is 12.6. The fraction of sp³-hybridized carbons (Fsp3) is 0.200. The van der Waals surface area contributed by atoms with Gasteiger partial charge in [0, 0.05) is 0 Å². The Kier molecular flexibility index (Phi) is 6.01. The SMILES string of the molecule is CC/C(Br)=C(CC)/C(=C/c1ccccc1)c1ccccc1. The Labute approximate surface area is 136 Å². The maximum absolute atomic E-state index is 3.75. The topological polar surface area (TPSA) is 0 Å². The Bertz CT molecular complexity index is 621. The highest BCUT2D eigenvalue weighted by molar-refractivity contribution is 9.11. The average molecular weight is 341 g/mol. The van der Waals surface area contributed by atoms with Crippen molar-refractivity contribution in [3.63, 3.8) is 0 Å². The van der Waals surface area contributed by atoms with Gasteiger partial charge in [-0.25, -0.2) is 0 Å². The molecular weight excluding hydrogens is 320 g/mol. The van der Waals surface area contributed by atoms with E-state index >= 15 is 0 Å². The molecule has 0 aromatic heterocycles. The summed E-state index contributed by atoms with van der Waals surface area (Å²) in [5, 5.41) is 0. The van der Waals surface area contributed by atoms with E-state index in [1.807, 2.05) is 0 Å². The van der Waals surface area contributed by atoms with Crippen molar-refractivity contribution >= 4 is 27.6 Å². The maximum atomic E-state index is 3.75. The summed E-state index contributed by atoms with van der Waals surface area (Å²) in [4.78, 5) is 0. The van der Waals surface area contributed by atoms with Gasteiger partial charge < -0.3 is 0 Å². The van der Waals surface area contributed by atoms with Crippen LogP contribution in [0.1, 0.15) is 37.8 Å². The van der Waals surface area contributed by atoms with Gasteiger partial charge in [0.05, 0.1) is 0 Å². The highest BCUT2D eigenvalue weighted by Crippen LogP contribution is 2.33. The summed E-state index contributed by atoms with van der Waals surface area (Å²) in [6.07, 6.45) is 4.31. The van der Waals surface area contributed by atoms with E-state index in [9.17, 15) is 0 Å². The lowest BCUT2D eigenvalue weighted by molar-refractivity contribution is 1.09. The molecule has 0 atom stereocenters. The number of rotatable bonds is 5. The molecule has 0 nitrogen and oxygen atoms in total. The van der Waals surface area contributed by atoms with Gasteiger partial charge in [0.25, 0.3) is 0 Å². The van der Waals surface area contributed by atoms with Gasteiger partial charge in [-0.1, -0.05) is 90.4 Å². The van der Waals surface area contributed by atoms with Crippen LogP contribution in [-0.4, -0.2) is 0 Å². The number of hydrogen-bond acceptors (Lipinski definition) is 0. The van der Waals surface area contributed by atoms with Crippen molar-refractivity contribution in [3.8, 4) is 0 Å². The molecule has 0 saturated heterocycles. The molecule has 0 aliphatic rings. The van der Waals surface area contributed by atoms with Crippen molar-refractivity contribution in [1.29, 1.82) is 0 Å². The lowest BCUT2D eigenvalue weighted by Crippen LogP contribution is -1.92. The van der Waals surface area contributed by atoms with E-state index in [4.69, 9.17) is 0 Å². The quantitative estimate of drug-likeness (QED) is 0.419. The third kappa shape index (κ3) is 4.18. The number of halogens is 1. The van der Waals surface area contributed by atoms with E-state index in [1.54, 1.807) is 0 Å². The minimum atomic E-state index is 1.02. The first-order valence-electron chi connectivity index (χ1n) is 7.46. The summed E-state index contributed by atoms with van der Waals surface area (Å²) in [5.41, 5.74) is 5.19. The molecule has 0 bridgehead atoms. The van der Waals surface area contributed by atoms with Crippen LogP contribution < -0.4 is 0 Å². The van der Waals surface area contributed by atoms with Crippen molar-refractivity contribution in [2.45, 2.75) is 26.7 Å². The minimum Gasteiger partial charge on any atom is -0.0622 e. The molecule has 2 aromatic rings. The second-order valence-corrected chi connectivity index (χ2v) is 5.88. The summed E-state index contributed by atoms with van der Waals surface area (Å²) in [5.74, 6) is 0. The van der Waals surface area contributed by atoms with Gasteiger partial charge in [0.2, 0.25) is 0 Å². The van der Waals surface area contributed by atoms with E-state index < -0.39 is 0 Å². The van der Waals surface area contributed by atoms with Crippen molar-refractivity contribution in [1.82, 2.24) is 0 Å². The zero-order chi connectivity index (χ0) is 15.1. The van der Waals surface area contributed by atoms with Gasteiger partial charge in [-0.05, 0) is 45.7 Å². The molecule has 0 amide bonds. The van der Waals surface area contributed by atoms with E-state index in [0.29, 0.717) is 0 Å². The molecule has 0 N–H and O–H groups in total. The minimum absolute atomic E-state index is 1.02. The van der Waals surface area contributed by atoms with Crippen molar-refractivity contribution in [3.05, 3.63) is 81.8 Å². The molecule has 2 aromatic carbocycles. The molecule has 21 heavy (non-hydrogen) atoms. The van der Waals surface area contributed by atoms with Crippen LogP contribution in [0.25, 0.3) is 11.6 Å². The van der Waals surface area contributed by atoms with E-state index in [0.717, 1.165) is 12.8 Å². The van der Waals surface area contributed by atoms with Gasteiger partial charge in [-0.15, -0.1) is 0 Å². The summed E-state index contributed by atoms with van der Waals surface area (Å²) in [7, 11) is 0. The van der Waals surface area contributed by atoms with Crippen LogP contribution in [0, 0.1) is 0 Å². The van der Waals surface area contributed by atoms with Gasteiger partial charge in [0.1, 0.15) is 0 Å². The number of benzene rings is 2. The lowest BCUT2D eigenvalue weighted by Gasteiger charge is -2.14. The molecule has 0 spiro atoms. The Morgan fingerprint density at radius 1 is 0.857 bits per heavy atom. The van der Waals surface area contributed by atoms with Crippen molar-refractivity contribution in [2.75, 3.05) is 0 Å². The van der Waals surface area contributed by atoms with Crippen LogP contribution in [0.5, 0.6) is 0 Å². The summed E-state index contributed by atoms with van der Waals surface area (Å²) < 4.78 is 1.29. The first-order chi connectivity index (χ1) is 10.3. The number of allylic oxidation sites excluding steroid dienone is 3. The van der Waals surface area contributed by atoms with Crippen LogP contribution in [0.4, 0.5) is 0 Å². The third-order valence-corrected chi connectivity index (χ3v) is 4.55. The first kappa shape index (κ1) is 15.8. The van der Waals surface area contributed by atoms with Crippen LogP contribution in [0.15, 0.2) is 70.7 Å². The molecule has 0 radical (unpaired) electrons. The summed E-state index contributed by atoms with van der Waals surface area (Å²) in [6, 6.07) is 21.1. The third-order valence-electron chi connectivity index (χ3n) is 3.51. The van der Waals surface area contributed by atoms with Crippen LogP contribution >= 0.6 is 15.9 Å². The fourth-order valence-corrected chi connectivity index (χ4v) is 2.91. The zero-order valence-corrected chi connectivity index (χ0v) is 14.2. The Balaban J connectivity index is 2.58. The molecule has 108 valence electrons. The smallest absolute Gasteiger partial charge is 0.00140 e. The molecular formula is C20H21Br. The first-order valence-corrected chi connectivity index (χ1v) is 8.25. The van der Waals surface area contributed by atoms with Crippen molar-refractivity contribution < 1.29 is 0 Å². The standard InChI is InChI=1S/C20H21Br/c1-3-18(20(21)4-2)19(17-13-9-6-10-14-17)15-16-11-7-5-8-12-16/h5-15H,3-4H2,1-2H3/b19-15+,20-18-. The predicted octanol–water partition coefficient (Wildman–Crippen LogP) is 6.70. The average Bonchev–Trinajstić information content (AvgIpc) is 2.56. The fourth-order valence-electron chi connectivity index (χ4n) is 2.42. The monoisotopic (exact) mass is 340 g/mol. The second-order valence-electron chi connectivity index (χ2n) is 4.93. The van der Waals surface area contributed by atoms with Gasteiger partial charge in [-0.2, -0.15) is 0 Å². The summed E-state index contributed by atoms with van der Waals surface area (Å²) >= 11 is 3.75. The van der Waals surface area contributed by atoms with Crippen LogP contribution in [-0.2, 0) is 0 Å². The Morgan fingerprint density at radius 3 is 1.95 bits per heavy atom. The molecule has 0 saturated carbocycles. The van der Waals surface area contributed by atoms with E-state index in [2.05, 4.69) is 96.5 Å². The molecule has 1 heteroatoms. The molecule has 0 fully saturated rings. The summed E-state index contributed by atoms with van der Waals surface area (Å²) in [6.45, 7) is 4.40. The maximum Gasteiger partial charge on any atom is -0.00140 e. The van der Waals surface area contributed by atoms with Crippen LogP contribution in [0.3, 0.4) is 0 Å². The van der Waals surface area contributed by atoms with Gasteiger partial charge in [0.15, 0.2) is 0 Å². The Morgan fingerprint density at radius 2 is 1.43 bits per heavy atom. The Hall–Kier alpha value is -1.60. The predicted molar refractivity (Wildman–Crippen MR) is 97.3 cm³/mol. The highest BCUT2D eigenvalue weighted by Gasteiger charge is 2.10. The number of hydrogen-bond donors (Lipinski definition) is 0. The molecule has 2 rings (SSSR count).